The predicted molar refractivity (Wildman–Crippen MR) is 96.0 cm³/mol. The molecule has 138 valence electrons. The van der Waals surface area contributed by atoms with E-state index < -0.39 is 5.97 Å². The van der Waals surface area contributed by atoms with Gasteiger partial charge >= 0.3 is 5.97 Å². The van der Waals surface area contributed by atoms with E-state index in [9.17, 15) is 9.59 Å². The van der Waals surface area contributed by atoms with Crippen molar-refractivity contribution >= 4 is 34.9 Å². The van der Waals surface area contributed by atoms with Gasteiger partial charge in [-0.05, 0) is 24.4 Å². The number of anilines is 1. The Morgan fingerprint density at radius 1 is 1.04 bits per heavy atom. The molecule has 0 fully saturated rings. The number of carbonyl (C=O) groups is 2. The molecule has 0 aromatic heterocycles. The normalized spacial score (nSPS) is 9.88. The maximum Gasteiger partial charge on any atom is 0.306 e. The summed E-state index contributed by atoms with van der Waals surface area (Å²) >= 11 is 5.07. The molecule has 0 aliphatic heterocycles. The number of rotatable bonds is 9. The Hall–Kier alpha value is -2.39. The molecule has 0 spiro atoms. The molecule has 1 amide bonds. The van der Waals surface area contributed by atoms with Gasteiger partial charge in [0.25, 0.3) is 0 Å². The Morgan fingerprint density at radius 3 is 2.40 bits per heavy atom. The molecule has 8 nitrogen and oxygen atoms in total. The lowest BCUT2D eigenvalue weighted by Gasteiger charge is -2.12. The molecule has 9 heteroatoms. The highest BCUT2D eigenvalue weighted by Gasteiger charge is 2.10. The predicted octanol–water partition coefficient (Wildman–Crippen LogP) is 1.49. The molecule has 0 saturated carbocycles. The van der Waals surface area contributed by atoms with Gasteiger partial charge in [-0.2, -0.15) is 0 Å². The van der Waals surface area contributed by atoms with Gasteiger partial charge in [0.05, 0.1) is 27.2 Å². The van der Waals surface area contributed by atoms with Crippen molar-refractivity contribution < 1.29 is 28.5 Å². The van der Waals surface area contributed by atoms with Gasteiger partial charge in [0.15, 0.2) is 16.6 Å². The quantitative estimate of drug-likeness (QED) is 0.383. The highest BCUT2D eigenvalue weighted by atomic mass is 32.1. The highest BCUT2D eigenvalue weighted by molar-refractivity contribution is 7.80. The molecule has 1 aromatic carbocycles. The van der Waals surface area contributed by atoms with Crippen molar-refractivity contribution in [2.75, 3.05) is 39.9 Å². The molecule has 25 heavy (non-hydrogen) atoms. The summed E-state index contributed by atoms with van der Waals surface area (Å²) in [6.45, 7) is 0.480. The van der Waals surface area contributed by atoms with Crippen LogP contribution in [0.1, 0.15) is 12.8 Å². The number of methoxy groups -OCH3 is 3. The van der Waals surface area contributed by atoms with E-state index in [1.54, 1.807) is 18.2 Å². The van der Waals surface area contributed by atoms with Crippen LogP contribution in [0.2, 0.25) is 0 Å². The number of amides is 1. The largest absolute Gasteiger partial charge is 0.493 e. The summed E-state index contributed by atoms with van der Waals surface area (Å²) in [5, 5.41) is 5.47. The molecule has 1 aromatic rings. The summed E-state index contributed by atoms with van der Waals surface area (Å²) in [5.74, 6) is 0.253. The average molecular weight is 370 g/mol. The molecule has 0 aliphatic carbocycles. The first-order valence-corrected chi connectivity index (χ1v) is 7.88. The number of nitrogens with one attached hydrogen (secondary N) is 2. The van der Waals surface area contributed by atoms with Gasteiger partial charge in [-0.25, -0.2) is 0 Å². The summed E-state index contributed by atoms with van der Waals surface area (Å²) in [7, 11) is 4.57. The van der Waals surface area contributed by atoms with E-state index in [0.29, 0.717) is 23.8 Å². The number of ether oxygens (including phenoxy) is 4. The van der Waals surface area contributed by atoms with Gasteiger partial charge in [0.1, 0.15) is 6.61 Å². The number of hydrogen-bond acceptors (Lipinski definition) is 7. The van der Waals surface area contributed by atoms with Crippen LogP contribution in [-0.2, 0) is 19.1 Å². The monoisotopic (exact) mass is 370 g/mol. The van der Waals surface area contributed by atoms with Crippen LogP contribution in [-0.4, -0.2) is 51.5 Å². The molecule has 0 heterocycles. The summed E-state index contributed by atoms with van der Waals surface area (Å²) in [6, 6.07) is 5.12. The molecule has 0 bridgehead atoms. The Labute approximate surface area is 151 Å². The third-order valence-electron chi connectivity index (χ3n) is 3.00. The Kier molecular flexibility index (Phi) is 9.26. The van der Waals surface area contributed by atoms with E-state index in [1.165, 1.54) is 21.3 Å². The summed E-state index contributed by atoms with van der Waals surface area (Å²) in [5.41, 5.74) is 0.627. The minimum absolute atomic E-state index is 0.0282. The first-order valence-electron chi connectivity index (χ1n) is 7.47. The Bertz CT molecular complexity index is 608. The fourth-order valence-electron chi connectivity index (χ4n) is 1.79. The lowest BCUT2D eigenvalue weighted by atomic mass is 10.2. The number of esters is 1. The molecule has 0 saturated heterocycles. The number of carbonyl (C=O) groups excluding carboxylic acids is 2. The molecule has 0 aliphatic rings. The number of benzene rings is 1. The van der Waals surface area contributed by atoms with Crippen LogP contribution < -0.4 is 20.1 Å². The van der Waals surface area contributed by atoms with Crippen molar-refractivity contribution in [3.63, 3.8) is 0 Å². The Balaban J connectivity index is 2.41. The van der Waals surface area contributed by atoms with Gasteiger partial charge in [-0.15, -0.1) is 0 Å². The minimum Gasteiger partial charge on any atom is -0.493 e. The number of thiocarbonyl (C=S) groups is 1. The first-order chi connectivity index (χ1) is 12.0. The van der Waals surface area contributed by atoms with Crippen molar-refractivity contribution in [3.8, 4) is 11.5 Å². The van der Waals surface area contributed by atoms with Crippen LogP contribution in [0.3, 0.4) is 0 Å². The summed E-state index contributed by atoms with van der Waals surface area (Å²) < 4.78 is 20.0. The lowest BCUT2D eigenvalue weighted by Crippen LogP contribution is -2.34. The second kappa shape index (κ2) is 11.2. The van der Waals surface area contributed by atoms with Crippen LogP contribution in [0, 0.1) is 0 Å². The van der Waals surface area contributed by atoms with Crippen LogP contribution in [0.25, 0.3) is 0 Å². The van der Waals surface area contributed by atoms with E-state index in [-0.39, 0.29) is 30.5 Å². The van der Waals surface area contributed by atoms with Gasteiger partial charge in [-0.1, -0.05) is 0 Å². The van der Waals surface area contributed by atoms with Gasteiger partial charge in [0.2, 0.25) is 5.91 Å². The van der Waals surface area contributed by atoms with E-state index in [2.05, 4.69) is 10.6 Å². The fraction of sp³-hybridized carbons (Fsp3) is 0.438. The smallest absolute Gasteiger partial charge is 0.306 e. The molecule has 0 radical (unpaired) electrons. The van der Waals surface area contributed by atoms with Crippen molar-refractivity contribution in [3.05, 3.63) is 18.2 Å². The van der Waals surface area contributed by atoms with Gasteiger partial charge in [-0.3, -0.25) is 9.59 Å². The SMILES string of the molecule is COCCOC(=O)CCC(=O)NC(=S)Nc1ccc(OC)c(OC)c1. The van der Waals surface area contributed by atoms with Crippen LogP contribution in [0.5, 0.6) is 11.5 Å². The molecule has 0 atom stereocenters. The maximum absolute atomic E-state index is 11.8. The van der Waals surface area contributed by atoms with Crippen molar-refractivity contribution in [1.29, 1.82) is 0 Å². The molecule has 2 N–H and O–H groups in total. The summed E-state index contributed by atoms with van der Waals surface area (Å²) in [4.78, 5) is 23.2. The van der Waals surface area contributed by atoms with Crippen molar-refractivity contribution in [2.24, 2.45) is 0 Å². The van der Waals surface area contributed by atoms with Crippen LogP contribution in [0.15, 0.2) is 18.2 Å². The number of hydrogen-bond donors (Lipinski definition) is 2. The second-order valence-corrected chi connectivity index (χ2v) is 5.19. The topological polar surface area (TPSA) is 95.1 Å². The maximum atomic E-state index is 11.8. The standard InChI is InChI=1S/C16H22N2O6S/c1-21-8-9-24-15(20)7-6-14(19)18-16(25)17-11-4-5-12(22-2)13(10-11)23-3/h4-5,10H,6-9H2,1-3H3,(H2,17,18,19,25). The first kappa shape index (κ1) is 20.7. The molecule has 0 unspecified atom stereocenters. The minimum atomic E-state index is -0.467. The molecule has 1 rings (SSSR count). The highest BCUT2D eigenvalue weighted by Crippen LogP contribution is 2.29. The lowest BCUT2D eigenvalue weighted by molar-refractivity contribution is -0.146. The third-order valence-corrected chi connectivity index (χ3v) is 3.21. The summed E-state index contributed by atoms with van der Waals surface area (Å²) in [6.07, 6.45) is -0.0614. The van der Waals surface area contributed by atoms with Crippen LogP contribution in [0.4, 0.5) is 5.69 Å². The fourth-order valence-corrected chi connectivity index (χ4v) is 2.02. The second-order valence-electron chi connectivity index (χ2n) is 4.79. The zero-order chi connectivity index (χ0) is 18.7. The third kappa shape index (κ3) is 7.81. The van der Waals surface area contributed by atoms with Gasteiger partial charge < -0.3 is 29.6 Å². The Morgan fingerprint density at radius 2 is 1.76 bits per heavy atom. The zero-order valence-corrected chi connectivity index (χ0v) is 15.2. The zero-order valence-electron chi connectivity index (χ0n) is 14.4. The van der Waals surface area contributed by atoms with Gasteiger partial charge in [0, 0.05) is 25.3 Å². The van der Waals surface area contributed by atoms with Crippen molar-refractivity contribution in [1.82, 2.24) is 5.32 Å². The van der Waals surface area contributed by atoms with Crippen molar-refractivity contribution in [2.45, 2.75) is 12.8 Å². The van der Waals surface area contributed by atoms with E-state index in [4.69, 9.17) is 31.2 Å². The van der Waals surface area contributed by atoms with Crippen LogP contribution >= 0.6 is 12.2 Å². The molecular formula is C16H22N2O6S. The molecular weight excluding hydrogens is 348 g/mol. The van der Waals surface area contributed by atoms with E-state index >= 15 is 0 Å². The van der Waals surface area contributed by atoms with E-state index in [1.807, 2.05) is 0 Å². The average Bonchev–Trinajstić information content (AvgIpc) is 2.60. The van der Waals surface area contributed by atoms with E-state index in [0.717, 1.165) is 0 Å².